The maximum atomic E-state index is 13.1. The van der Waals surface area contributed by atoms with E-state index in [1.54, 1.807) is 6.07 Å². The second-order valence-corrected chi connectivity index (χ2v) is 5.68. The van der Waals surface area contributed by atoms with Crippen molar-refractivity contribution >= 4 is 11.6 Å². The minimum Gasteiger partial charge on any atom is -0.327 e. The molecule has 1 fully saturated rings. The molecule has 2 aromatic rings. The van der Waals surface area contributed by atoms with E-state index in [-0.39, 0.29) is 5.82 Å². The summed E-state index contributed by atoms with van der Waals surface area (Å²) in [6.07, 6.45) is 4.41. The van der Waals surface area contributed by atoms with Gasteiger partial charge in [0.25, 0.3) is 0 Å². The van der Waals surface area contributed by atoms with Gasteiger partial charge in [-0.15, -0.1) is 0 Å². The number of halogens is 2. The van der Waals surface area contributed by atoms with Crippen LogP contribution in [0.3, 0.4) is 0 Å². The van der Waals surface area contributed by atoms with Crippen LogP contribution in [0.15, 0.2) is 24.4 Å². The highest BCUT2D eigenvalue weighted by Crippen LogP contribution is 2.21. The summed E-state index contributed by atoms with van der Waals surface area (Å²) >= 11 is 6.10. The van der Waals surface area contributed by atoms with Crippen molar-refractivity contribution < 1.29 is 4.39 Å². The molecule has 20 heavy (non-hydrogen) atoms. The van der Waals surface area contributed by atoms with Crippen LogP contribution in [0.5, 0.6) is 0 Å². The number of hydrogen-bond donors (Lipinski definition) is 1. The van der Waals surface area contributed by atoms with Crippen molar-refractivity contribution in [3.63, 3.8) is 0 Å². The Morgan fingerprint density at radius 1 is 1.45 bits per heavy atom. The number of nitrogens with one attached hydrogen (secondary N) is 1. The van der Waals surface area contributed by atoms with Gasteiger partial charge >= 0.3 is 0 Å². The summed E-state index contributed by atoms with van der Waals surface area (Å²) in [5.74, 6) is 0.634. The molecule has 1 saturated carbocycles. The number of benzene rings is 1. The second kappa shape index (κ2) is 5.54. The van der Waals surface area contributed by atoms with Crippen molar-refractivity contribution in [2.45, 2.75) is 38.9 Å². The van der Waals surface area contributed by atoms with Gasteiger partial charge in [0.15, 0.2) is 0 Å². The molecular formula is C15H17ClFN3. The van der Waals surface area contributed by atoms with Crippen LogP contribution < -0.4 is 5.32 Å². The summed E-state index contributed by atoms with van der Waals surface area (Å²) < 4.78 is 15.2. The van der Waals surface area contributed by atoms with Crippen LogP contribution in [0.1, 0.15) is 29.9 Å². The predicted molar refractivity (Wildman–Crippen MR) is 77.3 cm³/mol. The van der Waals surface area contributed by atoms with Crippen LogP contribution in [0.4, 0.5) is 4.39 Å². The highest BCUT2D eigenvalue weighted by atomic mass is 35.5. The van der Waals surface area contributed by atoms with Crippen LogP contribution in [0.2, 0.25) is 5.02 Å². The zero-order valence-corrected chi connectivity index (χ0v) is 12.1. The third-order valence-corrected chi connectivity index (χ3v) is 3.98. The van der Waals surface area contributed by atoms with Gasteiger partial charge < -0.3 is 9.88 Å². The SMILES string of the molecule is Cc1ncc(CNC2CC2)n1Cc1ccc(F)cc1Cl. The molecule has 0 amide bonds. The third-order valence-electron chi connectivity index (χ3n) is 3.63. The first kappa shape index (κ1) is 13.6. The Kier molecular flexibility index (Phi) is 3.76. The molecule has 0 bridgehead atoms. The fraction of sp³-hybridized carbons (Fsp3) is 0.400. The number of imidazole rings is 1. The molecule has 3 nitrogen and oxygen atoms in total. The first-order valence-electron chi connectivity index (χ1n) is 6.82. The molecule has 1 N–H and O–H groups in total. The van der Waals surface area contributed by atoms with E-state index in [2.05, 4.69) is 14.9 Å². The van der Waals surface area contributed by atoms with E-state index in [4.69, 9.17) is 11.6 Å². The van der Waals surface area contributed by atoms with Crippen LogP contribution in [-0.4, -0.2) is 15.6 Å². The Hall–Kier alpha value is -1.39. The van der Waals surface area contributed by atoms with Gasteiger partial charge in [-0.3, -0.25) is 0 Å². The lowest BCUT2D eigenvalue weighted by Crippen LogP contribution is -2.19. The largest absolute Gasteiger partial charge is 0.327 e. The van der Waals surface area contributed by atoms with Crippen molar-refractivity contribution in [1.82, 2.24) is 14.9 Å². The fourth-order valence-corrected chi connectivity index (χ4v) is 2.46. The molecule has 0 radical (unpaired) electrons. The number of nitrogens with zero attached hydrogens (tertiary/aromatic N) is 2. The molecule has 1 aromatic carbocycles. The van der Waals surface area contributed by atoms with Crippen LogP contribution in [0.25, 0.3) is 0 Å². The molecule has 0 unspecified atom stereocenters. The van der Waals surface area contributed by atoms with Crippen molar-refractivity contribution in [2.24, 2.45) is 0 Å². The minimum atomic E-state index is -0.309. The Morgan fingerprint density at radius 2 is 2.25 bits per heavy atom. The average Bonchev–Trinajstić information content (AvgIpc) is 3.17. The Bertz CT molecular complexity index is 620. The summed E-state index contributed by atoms with van der Waals surface area (Å²) in [7, 11) is 0. The van der Waals surface area contributed by atoms with Crippen molar-refractivity contribution in [3.8, 4) is 0 Å². The smallest absolute Gasteiger partial charge is 0.124 e. The highest BCUT2D eigenvalue weighted by Gasteiger charge is 2.21. The van der Waals surface area contributed by atoms with Crippen LogP contribution in [0, 0.1) is 12.7 Å². The maximum Gasteiger partial charge on any atom is 0.124 e. The molecule has 1 heterocycles. The molecule has 1 aliphatic rings. The topological polar surface area (TPSA) is 29.9 Å². The Labute approximate surface area is 122 Å². The summed E-state index contributed by atoms with van der Waals surface area (Å²) in [4.78, 5) is 4.36. The second-order valence-electron chi connectivity index (χ2n) is 5.27. The highest BCUT2D eigenvalue weighted by molar-refractivity contribution is 6.31. The van der Waals surface area contributed by atoms with E-state index in [9.17, 15) is 4.39 Å². The normalized spacial score (nSPS) is 14.8. The molecule has 0 atom stereocenters. The van der Waals surface area contributed by atoms with E-state index in [1.165, 1.54) is 25.0 Å². The summed E-state index contributed by atoms with van der Waals surface area (Å²) in [5, 5.41) is 3.94. The maximum absolute atomic E-state index is 13.1. The standard InChI is InChI=1S/C15H17ClFN3/c1-10-18-7-14(8-19-13-4-5-13)20(10)9-11-2-3-12(17)6-15(11)16/h2-3,6-7,13,19H,4-5,8-9H2,1H3. The summed E-state index contributed by atoms with van der Waals surface area (Å²) in [6, 6.07) is 5.18. The minimum absolute atomic E-state index is 0.309. The number of aryl methyl sites for hydroxylation is 1. The van der Waals surface area contributed by atoms with Crippen molar-refractivity contribution in [2.75, 3.05) is 0 Å². The molecule has 5 heteroatoms. The lowest BCUT2D eigenvalue weighted by Gasteiger charge is -2.12. The van der Waals surface area contributed by atoms with Gasteiger partial charge in [-0.2, -0.15) is 0 Å². The van der Waals surface area contributed by atoms with E-state index in [1.807, 2.05) is 13.1 Å². The number of rotatable bonds is 5. The van der Waals surface area contributed by atoms with E-state index >= 15 is 0 Å². The molecular weight excluding hydrogens is 277 g/mol. The average molecular weight is 294 g/mol. The molecule has 1 aliphatic carbocycles. The fourth-order valence-electron chi connectivity index (χ4n) is 2.23. The van der Waals surface area contributed by atoms with Crippen LogP contribution in [-0.2, 0) is 13.1 Å². The first-order valence-corrected chi connectivity index (χ1v) is 7.19. The summed E-state index contributed by atoms with van der Waals surface area (Å²) in [6.45, 7) is 3.40. The number of hydrogen-bond acceptors (Lipinski definition) is 2. The molecule has 0 saturated heterocycles. The summed E-state index contributed by atoms with van der Waals surface area (Å²) in [5.41, 5.74) is 2.04. The van der Waals surface area contributed by atoms with E-state index in [0.29, 0.717) is 17.6 Å². The van der Waals surface area contributed by atoms with Gasteiger partial charge in [-0.05, 0) is 37.5 Å². The zero-order chi connectivity index (χ0) is 14.1. The molecule has 106 valence electrons. The van der Waals surface area contributed by atoms with Gasteiger partial charge in [-0.1, -0.05) is 17.7 Å². The van der Waals surface area contributed by atoms with Gasteiger partial charge in [0, 0.05) is 23.8 Å². The Balaban J connectivity index is 1.79. The molecule has 0 aliphatic heterocycles. The monoisotopic (exact) mass is 293 g/mol. The lowest BCUT2D eigenvalue weighted by atomic mass is 10.2. The quantitative estimate of drug-likeness (QED) is 0.917. The molecule has 3 rings (SSSR count). The van der Waals surface area contributed by atoms with Crippen molar-refractivity contribution in [1.29, 1.82) is 0 Å². The van der Waals surface area contributed by atoms with Gasteiger partial charge in [0.05, 0.1) is 12.2 Å². The van der Waals surface area contributed by atoms with E-state index < -0.39 is 0 Å². The molecule has 0 spiro atoms. The van der Waals surface area contributed by atoms with E-state index in [0.717, 1.165) is 23.6 Å². The zero-order valence-electron chi connectivity index (χ0n) is 11.4. The predicted octanol–water partition coefficient (Wildman–Crippen LogP) is 3.28. The first-order chi connectivity index (χ1) is 9.63. The van der Waals surface area contributed by atoms with Crippen molar-refractivity contribution in [3.05, 3.63) is 52.3 Å². The van der Waals surface area contributed by atoms with Gasteiger partial charge in [-0.25, -0.2) is 9.37 Å². The third kappa shape index (κ3) is 3.02. The van der Waals surface area contributed by atoms with Gasteiger partial charge in [0.2, 0.25) is 0 Å². The lowest BCUT2D eigenvalue weighted by molar-refractivity contribution is 0.618. The van der Waals surface area contributed by atoms with Crippen LogP contribution >= 0.6 is 11.6 Å². The Morgan fingerprint density at radius 3 is 2.95 bits per heavy atom. The van der Waals surface area contributed by atoms with Gasteiger partial charge in [0.1, 0.15) is 11.6 Å². The number of aromatic nitrogens is 2. The molecule has 1 aromatic heterocycles.